The third kappa shape index (κ3) is 5.62. The van der Waals surface area contributed by atoms with E-state index in [0.29, 0.717) is 17.0 Å². The minimum absolute atomic E-state index is 0.188. The smallest absolute Gasteiger partial charge is 0.260 e. The largest absolute Gasteiger partial charge is 0.484 e. The standard InChI is InChI=1S/C18H16FN3O3/c1-22(11-17(23)21-15-4-2-3-14(19)9-15)18(24)12-25-16-7-5-13(10-20)6-8-16/h2-9H,11-12H2,1H3,(H,21,23). The number of likely N-dealkylation sites (N-methyl/N-ethyl adjacent to an activating group) is 1. The molecule has 2 rings (SSSR count). The van der Waals surface area contributed by atoms with E-state index in [1.54, 1.807) is 30.3 Å². The van der Waals surface area contributed by atoms with Crippen LogP contribution in [0.5, 0.6) is 5.75 Å². The van der Waals surface area contributed by atoms with Gasteiger partial charge in [-0.05, 0) is 42.5 Å². The molecule has 0 aliphatic carbocycles. The van der Waals surface area contributed by atoms with Crippen molar-refractivity contribution in [1.29, 1.82) is 5.26 Å². The lowest BCUT2D eigenvalue weighted by atomic mass is 10.2. The van der Waals surface area contributed by atoms with E-state index in [4.69, 9.17) is 10.00 Å². The zero-order valence-electron chi connectivity index (χ0n) is 13.5. The van der Waals surface area contributed by atoms with Crippen molar-refractivity contribution in [2.75, 3.05) is 25.5 Å². The summed E-state index contributed by atoms with van der Waals surface area (Å²) < 4.78 is 18.4. The Balaban J connectivity index is 1.80. The van der Waals surface area contributed by atoms with E-state index < -0.39 is 17.6 Å². The molecule has 2 aromatic carbocycles. The van der Waals surface area contributed by atoms with Gasteiger partial charge in [0.15, 0.2) is 6.61 Å². The van der Waals surface area contributed by atoms with Gasteiger partial charge in [-0.3, -0.25) is 9.59 Å². The van der Waals surface area contributed by atoms with Crippen molar-refractivity contribution in [3.05, 3.63) is 59.9 Å². The van der Waals surface area contributed by atoms with Crippen LogP contribution in [0.1, 0.15) is 5.56 Å². The summed E-state index contributed by atoms with van der Waals surface area (Å²) in [4.78, 5) is 25.1. The number of hydrogen-bond acceptors (Lipinski definition) is 4. The molecule has 0 aromatic heterocycles. The lowest BCUT2D eigenvalue weighted by Crippen LogP contribution is -2.37. The van der Waals surface area contributed by atoms with E-state index in [1.807, 2.05) is 6.07 Å². The first-order valence-corrected chi connectivity index (χ1v) is 7.40. The van der Waals surface area contributed by atoms with Crippen LogP contribution in [0.4, 0.5) is 10.1 Å². The molecule has 7 heteroatoms. The van der Waals surface area contributed by atoms with Gasteiger partial charge < -0.3 is 15.0 Å². The molecule has 0 aliphatic rings. The maximum Gasteiger partial charge on any atom is 0.260 e. The molecule has 2 aromatic rings. The second kappa shape index (κ2) is 8.45. The van der Waals surface area contributed by atoms with Gasteiger partial charge in [0.05, 0.1) is 18.2 Å². The highest BCUT2D eigenvalue weighted by atomic mass is 19.1. The van der Waals surface area contributed by atoms with E-state index in [1.165, 1.54) is 30.1 Å². The summed E-state index contributed by atoms with van der Waals surface area (Å²) in [5, 5.41) is 11.2. The molecule has 0 atom stereocenters. The van der Waals surface area contributed by atoms with Gasteiger partial charge in [0.25, 0.3) is 5.91 Å². The summed E-state index contributed by atoms with van der Waals surface area (Å²) in [6.07, 6.45) is 0. The van der Waals surface area contributed by atoms with Crippen molar-refractivity contribution >= 4 is 17.5 Å². The summed E-state index contributed by atoms with van der Waals surface area (Å²) in [5.41, 5.74) is 0.810. The van der Waals surface area contributed by atoms with E-state index in [2.05, 4.69) is 5.32 Å². The van der Waals surface area contributed by atoms with Gasteiger partial charge in [0, 0.05) is 12.7 Å². The van der Waals surface area contributed by atoms with Crippen LogP contribution in [0.3, 0.4) is 0 Å². The number of nitrogens with zero attached hydrogens (tertiary/aromatic N) is 2. The average Bonchev–Trinajstić information content (AvgIpc) is 2.59. The molecular formula is C18H16FN3O3. The molecule has 0 aliphatic heterocycles. The first kappa shape index (κ1) is 17.9. The number of benzene rings is 2. The maximum absolute atomic E-state index is 13.1. The predicted molar refractivity (Wildman–Crippen MR) is 89.3 cm³/mol. The van der Waals surface area contributed by atoms with Gasteiger partial charge >= 0.3 is 0 Å². The van der Waals surface area contributed by atoms with Crippen LogP contribution >= 0.6 is 0 Å². The third-order valence-corrected chi connectivity index (χ3v) is 3.26. The Morgan fingerprint density at radius 1 is 1.24 bits per heavy atom. The lowest BCUT2D eigenvalue weighted by molar-refractivity contribution is -0.135. The normalized spacial score (nSPS) is 9.80. The highest BCUT2D eigenvalue weighted by Gasteiger charge is 2.14. The van der Waals surface area contributed by atoms with Gasteiger partial charge in [-0.1, -0.05) is 6.07 Å². The zero-order chi connectivity index (χ0) is 18.2. The molecule has 6 nitrogen and oxygen atoms in total. The fraction of sp³-hybridized carbons (Fsp3) is 0.167. The molecule has 0 spiro atoms. The lowest BCUT2D eigenvalue weighted by Gasteiger charge is -2.17. The minimum Gasteiger partial charge on any atom is -0.484 e. The molecule has 0 fully saturated rings. The van der Waals surface area contributed by atoms with Crippen LogP contribution in [0.2, 0.25) is 0 Å². The number of carbonyl (C=O) groups is 2. The fourth-order valence-corrected chi connectivity index (χ4v) is 1.95. The minimum atomic E-state index is -0.460. The second-order valence-corrected chi connectivity index (χ2v) is 5.23. The third-order valence-electron chi connectivity index (χ3n) is 3.26. The summed E-state index contributed by atoms with van der Waals surface area (Å²) in [6, 6.07) is 13.8. The molecular weight excluding hydrogens is 325 g/mol. The number of nitrogens with one attached hydrogen (secondary N) is 1. The van der Waals surface area contributed by atoms with Gasteiger partial charge in [-0.2, -0.15) is 5.26 Å². The number of amides is 2. The highest BCUT2D eigenvalue weighted by Crippen LogP contribution is 2.12. The van der Waals surface area contributed by atoms with E-state index in [9.17, 15) is 14.0 Å². The molecule has 0 unspecified atom stereocenters. The van der Waals surface area contributed by atoms with Crippen LogP contribution in [0, 0.1) is 17.1 Å². The van der Waals surface area contributed by atoms with Gasteiger partial charge in [-0.15, -0.1) is 0 Å². The molecule has 0 radical (unpaired) electrons. The summed E-state index contributed by atoms with van der Waals surface area (Å²) in [7, 11) is 1.47. The average molecular weight is 341 g/mol. The Bertz CT molecular complexity index is 800. The van der Waals surface area contributed by atoms with Crippen molar-refractivity contribution in [3.8, 4) is 11.8 Å². The Morgan fingerprint density at radius 2 is 1.96 bits per heavy atom. The van der Waals surface area contributed by atoms with Crippen molar-refractivity contribution in [1.82, 2.24) is 4.90 Å². The van der Waals surface area contributed by atoms with Crippen molar-refractivity contribution < 1.29 is 18.7 Å². The topological polar surface area (TPSA) is 82.4 Å². The number of carbonyl (C=O) groups excluding carboxylic acids is 2. The zero-order valence-corrected chi connectivity index (χ0v) is 13.5. The monoisotopic (exact) mass is 341 g/mol. The van der Waals surface area contributed by atoms with Gasteiger partial charge in [0.1, 0.15) is 11.6 Å². The molecule has 0 heterocycles. The highest BCUT2D eigenvalue weighted by molar-refractivity contribution is 5.94. The van der Waals surface area contributed by atoms with E-state index >= 15 is 0 Å². The van der Waals surface area contributed by atoms with Gasteiger partial charge in [0.2, 0.25) is 5.91 Å². The number of anilines is 1. The number of halogens is 1. The van der Waals surface area contributed by atoms with E-state index in [-0.39, 0.29) is 13.2 Å². The predicted octanol–water partition coefficient (Wildman–Crippen LogP) is 2.17. The van der Waals surface area contributed by atoms with Crippen LogP contribution in [-0.4, -0.2) is 36.9 Å². The summed E-state index contributed by atoms with van der Waals surface area (Å²) >= 11 is 0. The van der Waals surface area contributed by atoms with Crippen LogP contribution in [-0.2, 0) is 9.59 Å². The SMILES string of the molecule is CN(CC(=O)Nc1cccc(F)c1)C(=O)COc1ccc(C#N)cc1. The number of rotatable bonds is 6. The number of hydrogen-bond donors (Lipinski definition) is 1. The Morgan fingerprint density at radius 3 is 2.60 bits per heavy atom. The number of ether oxygens (including phenoxy) is 1. The fourth-order valence-electron chi connectivity index (χ4n) is 1.95. The van der Waals surface area contributed by atoms with Crippen molar-refractivity contribution in [2.45, 2.75) is 0 Å². The first-order chi connectivity index (χ1) is 12.0. The first-order valence-electron chi connectivity index (χ1n) is 7.40. The molecule has 0 saturated carbocycles. The Labute approximate surface area is 144 Å². The maximum atomic E-state index is 13.1. The molecule has 0 bridgehead atoms. The van der Waals surface area contributed by atoms with Crippen LogP contribution in [0.15, 0.2) is 48.5 Å². The summed E-state index contributed by atoms with van der Waals surface area (Å²) in [6.45, 7) is -0.429. The molecule has 25 heavy (non-hydrogen) atoms. The van der Waals surface area contributed by atoms with E-state index in [0.717, 1.165) is 0 Å². The Hall–Kier alpha value is -3.40. The molecule has 1 N–H and O–H groups in total. The quantitative estimate of drug-likeness (QED) is 0.873. The summed E-state index contributed by atoms with van der Waals surface area (Å²) in [5.74, 6) is -0.846. The van der Waals surface area contributed by atoms with Crippen LogP contribution < -0.4 is 10.1 Å². The molecule has 0 saturated heterocycles. The molecule has 128 valence electrons. The van der Waals surface area contributed by atoms with Gasteiger partial charge in [-0.25, -0.2) is 4.39 Å². The van der Waals surface area contributed by atoms with Crippen LogP contribution in [0.25, 0.3) is 0 Å². The second-order valence-electron chi connectivity index (χ2n) is 5.23. The van der Waals surface area contributed by atoms with Crippen molar-refractivity contribution in [3.63, 3.8) is 0 Å². The van der Waals surface area contributed by atoms with Crippen molar-refractivity contribution in [2.24, 2.45) is 0 Å². The molecule has 2 amide bonds. The number of nitriles is 1. The Kier molecular flexibility index (Phi) is 6.07.